The zero-order valence-electron chi connectivity index (χ0n) is 11.6. The van der Waals surface area contributed by atoms with Gasteiger partial charge in [-0.05, 0) is 48.4 Å². The summed E-state index contributed by atoms with van der Waals surface area (Å²) >= 11 is 9.44. The number of primary amides is 1. The van der Waals surface area contributed by atoms with Gasteiger partial charge >= 0.3 is 0 Å². The minimum absolute atomic E-state index is 0.435. The molecule has 1 amide bonds. The molecule has 1 unspecified atom stereocenters. The minimum Gasteiger partial charge on any atom is -0.368 e. The van der Waals surface area contributed by atoms with Gasteiger partial charge in [0.1, 0.15) is 5.54 Å². The lowest BCUT2D eigenvalue weighted by molar-refractivity contribution is -0.122. The first-order valence-corrected chi connectivity index (χ1v) is 7.75. The van der Waals surface area contributed by atoms with Crippen LogP contribution in [-0.2, 0) is 10.3 Å². The van der Waals surface area contributed by atoms with E-state index in [0.29, 0.717) is 11.4 Å². The Morgan fingerprint density at radius 3 is 2.48 bits per heavy atom. The highest BCUT2D eigenvalue weighted by Gasteiger charge is 2.36. The van der Waals surface area contributed by atoms with Crippen LogP contribution in [0.15, 0.2) is 53.0 Å². The Morgan fingerprint density at radius 2 is 1.95 bits per heavy atom. The van der Waals surface area contributed by atoms with Gasteiger partial charge in [0.05, 0.1) is 0 Å². The largest absolute Gasteiger partial charge is 0.368 e. The van der Waals surface area contributed by atoms with Crippen LogP contribution < -0.4 is 11.1 Å². The first-order valence-electron chi connectivity index (χ1n) is 6.57. The maximum absolute atomic E-state index is 12.1. The van der Waals surface area contributed by atoms with Gasteiger partial charge in [-0.25, -0.2) is 0 Å². The van der Waals surface area contributed by atoms with Crippen LogP contribution in [0.1, 0.15) is 18.9 Å². The molecule has 5 heteroatoms. The number of nitrogens with one attached hydrogen (secondary N) is 1. The maximum Gasteiger partial charge on any atom is 0.247 e. The third-order valence-corrected chi connectivity index (χ3v) is 4.23. The highest BCUT2D eigenvalue weighted by atomic mass is 79.9. The van der Waals surface area contributed by atoms with Gasteiger partial charge in [0.2, 0.25) is 5.91 Å². The third kappa shape index (κ3) is 3.39. The van der Waals surface area contributed by atoms with E-state index in [1.807, 2.05) is 43.3 Å². The molecule has 0 saturated heterocycles. The fourth-order valence-electron chi connectivity index (χ4n) is 2.28. The van der Waals surface area contributed by atoms with Crippen molar-refractivity contribution in [1.82, 2.24) is 0 Å². The molecule has 2 aromatic carbocycles. The summed E-state index contributed by atoms with van der Waals surface area (Å²) in [5.74, 6) is -0.435. The molecule has 0 heterocycles. The van der Waals surface area contributed by atoms with E-state index < -0.39 is 11.4 Å². The summed E-state index contributed by atoms with van der Waals surface area (Å²) in [5.41, 5.74) is 6.28. The molecule has 0 spiro atoms. The second-order valence-corrected chi connectivity index (χ2v) is 6.12. The Balaban J connectivity index is 2.46. The SMILES string of the molecule is CCC(Nc1ccc(Br)cc1)(C(N)=O)c1cccc(Cl)c1. The van der Waals surface area contributed by atoms with Crippen molar-refractivity contribution in [3.8, 4) is 0 Å². The lowest BCUT2D eigenvalue weighted by Gasteiger charge is -2.32. The number of benzene rings is 2. The number of hydrogen-bond acceptors (Lipinski definition) is 2. The van der Waals surface area contributed by atoms with E-state index in [4.69, 9.17) is 17.3 Å². The van der Waals surface area contributed by atoms with Gasteiger partial charge in [-0.2, -0.15) is 0 Å². The molecule has 1 atom stereocenters. The smallest absolute Gasteiger partial charge is 0.247 e. The Labute approximate surface area is 137 Å². The topological polar surface area (TPSA) is 55.1 Å². The predicted octanol–water partition coefficient (Wildman–Crippen LogP) is 4.31. The van der Waals surface area contributed by atoms with Crippen LogP contribution in [0.3, 0.4) is 0 Å². The van der Waals surface area contributed by atoms with Crippen LogP contribution in [0.4, 0.5) is 5.69 Å². The van der Waals surface area contributed by atoms with Crippen molar-refractivity contribution in [3.05, 3.63) is 63.6 Å². The standard InChI is InChI=1S/C16H16BrClN2O/c1-2-16(15(19)21,11-4-3-5-13(18)10-11)20-14-8-6-12(17)7-9-14/h3-10,20H,2H2,1H3,(H2,19,21). The Hall–Kier alpha value is -1.52. The Kier molecular flexibility index (Phi) is 4.91. The molecule has 0 aliphatic carbocycles. The molecule has 2 rings (SSSR count). The first kappa shape index (κ1) is 15.9. The molecule has 0 bridgehead atoms. The molecule has 3 nitrogen and oxygen atoms in total. The fraction of sp³-hybridized carbons (Fsp3) is 0.188. The Bertz CT molecular complexity index is 645. The molecule has 0 radical (unpaired) electrons. The van der Waals surface area contributed by atoms with E-state index in [0.717, 1.165) is 15.7 Å². The summed E-state index contributed by atoms with van der Waals surface area (Å²) in [6.45, 7) is 1.91. The van der Waals surface area contributed by atoms with E-state index >= 15 is 0 Å². The van der Waals surface area contributed by atoms with E-state index in [1.165, 1.54) is 0 Å². The number of anilines is 1. The highest BCUT2D eigenvalue weighted by molar-refractivity contribution is 9.10. The summed E-state index contributed by atoms with van der Waals surface area (Å²) in [6.07, 6.45) is 0.513. The summed E-state index contributed by atoms with van der Waals surface area (Å²) in [4.78, 5) is 12.1. The van der Waals surface area contributed by atoms with Gasteiger partial charge in [0, 0.05) is 15.2 Å². The molecule has 0 aliphatic heterocycles. The van der Waals surface area contributed by atoms with E-state index in [-0.39, 0.29) is 0 Å². The minimum atomic E-state index is -0.987. The zero-order valence-corrected chi connectivity index (χ0v) is 13.9. The zero-order chi connectivity index (χ0) is 15.5. The van der Waals surface area contributed by atoms with Gasteiger partial charge in [0.15, 0.2) is 0 Å². The average Bonchev–Trinajstić information content (AvgIpc) is 2.46. The normalized spacial score (nSPS) is 13.5. The molecule has 0 aliphatic rings. The second kappa shape index (κ2) is 6.50. The number of hydrogen-bond donors (Lipinski definition) is 2. The number of nitrogens with two attached hydrogens (primary N) is 1. The van der Waals surface area contributed by atoms with Gasteiger partial charge in [-0.15, -0.1) is 0 Å². The number of halogens is 2. The molecule has 3 N–H and O–H groups in total. The molecule has 0 aromatic heterocycles. The molecule has 0 fully saturated rings. The molecular weight excluding hydrogens is 352 g/mol. The third-order valence-electron chi connectivity index (χ3n) is 3.47. The lowest BCUT2D eigenvalue weighted by atomic mass is 9.86. The molecule has 21 heavy (non-hydrogen) atoms. The van der Waals surface area contributed by atoms with Gasteiger partial charge in [-0.3, -0.25) is 4.79 Å². The van der Waals surface area contributed by atoms with Crippen LogP contribution in [0, 0.1) is 0 Å². The predicted molar refractivity (Wildman–Crippen MR) is 90.4 cm³/mol. The summed E-state index contributed by atoms with van der Waals surface area (Å²) in [5, 5.41) is 3.83. The van der Waals surface area contributed by atoms with Gasteiger partial charge < -0.3 is 11.1 Å². The molecule has 110 valence electrons. The summed E-state index contributed by atoms with van der Waals surface area (Å²) in [6, 6.07) is 14.8. The Morgan fingerprint density at radius 1 is 1.29 bits per heavy atom. The van der Waals surface area contributed by atoms with Gasteiger partial charge in [0.25, 0.3) is 0 Å². The molecular formula is C16H16BrClN2O. The lowest BCUT2D eigenvalue weighted by Crippen LogP contribution is -2.47. The fourth-order valence-corrected chi connectivity index (χ4v) is 2.73. The van der Waals surface area contributed by atoms with Crippen molar-refractivity contribution in [2.24, 2.45) is 5.73 Å². The van der Waals surface area contributed by atoms with Crippen LogP contribution in [-0.4, -0.2) is 5.91 Å². The van der Waals surface area contributed by atoms with Crippen LogP contribution >= 0.6 is 27.5 Å². The highest BCUT2D eigenvalue weighted by Crippen LogP contribution is 2.31. The summed E-state index contributed by atoms with van der Waals surface area (Å²) in [7, 11) is 0. The molecule has 2 aromatic rings. The van der Waals surface area contributed by atoms with Gasteiger partial charge in [-0.1, -0.05) is 46.6 Å². The first-order chi connectivity index (χ1) is 9.98. The quantitative estimate of drug-likeness (QED) is 0.827. The van der Waals surface area contributed by atoms with E-state index in [1.54, 1.807) is 12.1 Å². The second-order valence-electron chi connectivity index (χ2n) is 4.77. The molecule has 0 saturated carbocycles. The van der Waals surface area contributed by atoms with Crippen molar-refractivity contribution >= 4 is 39.1 Å². The maximum atomic E-state index is 12.1. The number of carbonyl (C=O) groups is 1. The monoisotopic (exact) mass is 366 g/mol. The number of rotatable bonds is 5. The van der Waals surface area contributed by atoms with Crippen LogP contribution in [0.5, 0.6) is 0 Å². The summed E-state index contributed by atoms with van der Waals surface area (Å²) < 4.78 is 0.969. The van der Waals surface area contributed by atoms with Crippen molar-refractivity contribution in [2.45, 2.75) is 18.9 Å². The number of carbonyl (C=O) groups excluding carboxylic acids is 1. The van der Waals surface area contributed by atoms with Crippen molar-refractivity contribution in [1.29, 1.82) is 0 Å². The van der Waals surface area contributed by atoms with Crippen molar-refractivity contribution in [3.63, 3.8) is 0 Å². The number of amides is 1. The van der Waals surface area contributed by atoms with Crippen molar-refractivity contribution in [2.75, 3.05) is 5.32 Å². The van der Waals surface area contributed by atoms with E-state index in [2.05, 4.69) is 21.2 Å². The van der Waals surface area contributed by atoms with Crippen LogP contribution in [0.25, 0.3) is 0 Å². The van der Waals surface area contributed by atoms with Crippen molar-refractivity contribution < 1.29 is 4.79 Å². The average molecular weight is 368 g/mol. The van der Waals surface area contributed by atoms with E-state index in [9.17, 15) is 4.79 Å². The van der Waals surface area contributed by atoms with Crippen LogP contribution in [0.2, 0.25) is 5.02 Å².